The molecule has 0 aliphatic rings. The maximum atomic E-state index is 9.48. The summed E-state index contributed by atoms with van der Waals surface area (Å²) in [6.45, 7) is 2.44. The van der Waals surface area contributed by atoms with Crippen LogP contribution in [0.3, 0.4) is 0 Å². The van der Waals surface area contributed by atoms with Crippen molar-refractivity contribution in [3.8, 4) is 5.75 Å². The van der Waals surface area contributed by atoms with Gasteiger partial charge < -0.3 is 0 Å². The van der Waals surface area contributed by atoms with Crippen molar-refractivity contribution < 1.29 is 31.0 Å². The van der Waals surface area contributed by atoms with Gasteiger partial charge in [0.25, 0.3) is 0 Å². The van der Waals surface area contributed by atoms with Crippen molar-refractivity contribution in [2.24, 2.45) is 0 Å². The van der Waals surface area contributed by atoms with Gasteiger partial charge in [0.05, 0.1) is 0 Å². The van der Waals surface area contributed by atoms with Crippen LogP contribution in [-0.4, -0.2) is 27.2 Å². The van der Waals surface area contributed by atoms with Gasteiger partial charge in [0.1, 0.15) is 0 Å². The van der Waals surface area contributed by atoms with E-state index < -0.39 is 0 Å². The van der Waals surface area contributed by atoms with Crippen LogP contribution in [0.4, 0.5) is 0 Å². The second kappa shape index (κ2) is 6.24. The molecule has 1 aromatic rings. The fraction of sp³-hybridized carbons (Fsp3) is 0.455. The van der Waals surface area contributed by atoms with E-state index in [2.05, 4.69) is 4.93 Å². The van der Waals surface area contributed by atoms with E-state index in [0.29, 0.717) is 6.61 Å². The minimum atomic E-state index is -0.298. The normalized spacial score (nSPS) is 12.8. The number of hydrogen-bond donors (Lipinski definition) is 1. The summed E-state index contributed by atoms with van der Waals surface area (Å²) in [5.41, 5.74) is 1.18. The molecule has 1 rings (SSSR count). The number of aliphatic hydroxyl groups is 1. The quantitative estimate of drug-likeness (QED) is 0.527. The van der Waals surface area contributed by atoms with Crippen molar-refractivity contribution in [3.63, 3.8) is 0 Å². The molecule has 0 saturated carbocycles. The Labute approximate surface area is 95.5 Å². The standard InChI is InChI=1S/C11H16IO2/c1-9-4-3-5-11(6-9)14-8-10(13)7-12-2/h3-6,10,13H,7-8H2,1-2H3/q-1. The van der Waals surface area contributed by atoms with Crippen LogP contribution in [0.2, 0.25) is 0 Å². The number of alkyl halides is 2. The number of aryl methyl sites for hydroxylation is 1. The molecule has 0 amide bonds. The van der Waals surface area contributed by atoms with Crippen LogP contribution in [0.5, 0.6) is 5.75 Å². The predicted octanol–water partition coefficient (Wildman–Crippen LogP) is -1.55. The first kappa shape index (κ1) is 11.8. The van der Waals surface area contributed by atoms with E-state index >= 15 is 0 Å². The zero-order valence-corrected chi connectivity index (χ0v) is 10.7. The predicted molar refractivity (Wildman–Crippen MR) is 53.5 cm³/mol. The first-order chi connectivity index (χ1) is 6.72. The summed E-state index contributed by atoms with van der Waals surface area (Å²) in [5, 5.41) is 9.48. The Kier molecular flexibility index (Phi) is 5.25. The Morgan fingerprint density at radius 2 is 2.29 bits per heavy atom. The molecular weight excluding hydrogens is 291 g/mol. The van der Waals surface area contributed by atoms with Crippen molar-refractivity contribution in [2.45, 2.75) is 13.0 Å². The van der Waals surface area contributed by atoms with Crippen molar-refractivity contribution in [2.75, 3.05) is 16.0 Å². The molecule has 1 atom stereocenters. The molecule has 0 bridgehead atoms. The van der Waals surface area contributed by atoms with E-state index in [1.54, 1.807) is 0 Å². The van der Waals surface area contributed by atoms with Crippen molar-refractivity contribution >= 4 is 0 Å². The van der Waals surface area contributed by atoms with Crippen LogP contribution in [-0.2, 0) is 0 Å². The molecule has 14 heavy (non-hydrogen) atoms. The summed E-state index contributed by atoms with van der Waals surface area (Å²) in [7, 11) is 0. The fourth-order valence-electron chi connectivity index (χ4n) is 1.12. The van der Waals surface area contributed by atoms with Gasteiger partial charge in [-0.3, -0.25) is 0 Å². The van der Waals surface area contributed by atoms with E-state index in [4.69, 9.17) is 4.74 Å². The van der Waals surface area contributed by atoms with Crippen molar-refractivity contribution in [1.82, 2.24) is 0 Å². The van der Waals surface area contributed by atoms with E-state index in [-0.39, 0.29) is 27.3 Å². The van der Waals surface area contributed by atoms with Crippen LogP contribution in [0, 0.1) is 6.92 Å². The maximum absolute atomic E-state index is 9.48. The topological polar surface area (TPSA) is 29.5 Å². The Morgan fingerprint density at radius 3 is 2.93 bits per heavy atom. The third kappa shape index (κ3) is 4.28. The van der Waals surface area contributed by atoms with Gasteiger partial charge in [-0.05, 0) is 0 Å². The first-order valence-electron chi connectivity index (χ1n) is 4.53. The van der Waals surface area contributed by atoms with Gasteiger partial charge in [-0.15, -0.1) is 0 Å². The van der Waals surface area contributed by atoms with E-state index in [9.17, 15) is 5.11 Å². The summed E-state index contributed by atoms with van der Waals surface area (Å²) >= 11 is 0.148. The Hall–Kier alpha value is -0.290. The molecule has 0 radical (unpaired) electrons. The van der Waals surface area contributed by atoms with Gasteiger partial charge in [0.2, 0.25) is 0 Å². The van der Waals surface area contributed by atoms with E-state index in [0.717, 1.165) is 10.2 Å². The van der Waals surface area contributed by atoms with E-state index in [1.807, 2.05) is 31.2 Å². The van der Waals surface area contributed by atoms with Crippen LogP contribution >= 0.6 is 0 Å². The number of rotatable bonds is 5. The zero-order chi connectivity index (χ0) is 10.4. The van der Waals surface area contributed by atoms with Crippen molar-refractivity contribution in [3.05, 3.63) is 29.8 Å². The molecule has 0 aliphatic heterocycles. The summed E-state index contributed by atoms with van der Waals surface area (Å²) in [6, 6.07) is 7.89. The molecule has 0 heterocycles. The number of aliphatic hydroxyl groups excluding tert-OH is 1. The van der Waals surface area contributed by atoms with Gasteiger partial charge in [-0.2, -0.15) is 0 Å². The molecule has 0 saturated heterocycles. The second-order valence-electron chi connectivity index (χ2n) is 3.20. The summed E-state index contributed by atoms with van der Waals surface area (Å²) < 4.78 is 6.38. The molecule has 1 N–H and O–H groups in total. The molecule has 1 unspecified atom stereocenters. The number of benzene rings is 1. The molecular formula is C11H16IO2-. The molecule has 0 aliphatic carbocycles. The Balaban J connectivity index is 2.37. The average molecular weight is 307 g/mol. The monoisotopic (exact) mass is 307 g/mol. The number of halogens is 1. The fourth-order valence-corrected chi connectivity index (χ4v) is 2.39. The van der Waals surface area contributed by atoms with E-state index in [1.165, 1.54) is 5.56 Å². The molecule has 1 aromatic carbocycles. The Bertz CT molecular complexity index is 276. The Morgan fingerprint density at radius 1 is 1.50 bits per heavy atom. The molecule has 0 fully saturated rings. The van der Waals surface area contributed by atoms with Crippen LogP contribution < -0.4 is 25.9 Å². The summed E-state index contributed by atoms with van der Waals surface area (Å²) in [5.74, 6) is 0.846. The summed E-state index contributed by atoms with van der Waals surface area (Å²) in [6.07, 6.45) is -0.298. The molecule has 0 spiro atoms. The molecule has 2 nitrogen and oxygen atoms in total. The second-order valence-corrected chi connectivity index (χ2v) is 5.61. The first-order valence-corrected chi connectivity index (χ1v) is 8.22. The third-order valence-electron chi connectivity index (χ3n) is 1.76. The zero-order valence-electron chi connectivity index (χ0n) is 8.53. The molecule has 80 valence electrons. The minimum absolute atomic E-state index is 0.148. The number of ether oxygens (including phenoxy) is 1. The molecule has 0 aromatic heterocycles. The molecule has 3 heteroatoms. The van der Waals surface area contributed by atoms with Gasteiger partial charge in [-0.25, -0.2) is 0 Å². The number of hydrogen-bond acceptors (Lipinski definition) is 2. The third-order valence-corrected chi connectivity index (χ3v) is 3.66. The van der Waals surface area contributed by atoms with Crippen LogP contribution in [0.1, 0.15) is 5.56 Å². The van der Waals surface area contributed by atoms with Crippen molar-refractivity contribution in [1.29, 1.82) is 0 Å². The SMILES string of the molecule is C[I-]CC(O)COc1cccc(C)c1. The van der Waals surface area contributed by atoms with Gasteiger partial charge in [0, 0.05) is 0 Å². The van der Waals surface area contributed by atoms with Gasteiger partial charge >= 0.3 is 95.6 Å². The van der Waals surface area contributed by atoms with Crippen LogP contribution in [0.15, 0.2) is 24.3 Å². The average Bonchev–Trinajstić information content (AvgIpc) is 2.15. The van der Waals surface area contributed by atoms with Crippen LogP contribution in [0.25, 0.3) is 0 Å². The van der Waals surface area contributed by atoms with Gasteiger partial charge in [0.15, 0.2) is 0 Å². The summed E-state index contributed by atoms with van der Waals surface area (Å²) in [4.78, 5) is 2.16. The van der Waals surface area contributed by atoms with Gasteiger partial charge in [-0.1, -0.05) is 0 Å².